The summed E-state index contributed by atoms with van der Waals surface area (Å²) >= 11 is 0. The summed E-state index contributed by atoms with van der Waals surface area (Å²) in [4.78, 5) is 11.3. The van der Waals surface area contributed by atoms with E-state index in [2.05, 4.69) is 42.7 Å². The maximum atomic E-state index is 11.3. The summed E-state index contributed by atoms with van der Waals surface area (Å²) in [7, 11) is 0. The number of hydrogen-bond donors (Lipinski definition) is 2. The van der Waals surface area contributed by atoms with Gasteiger partial charge in [-0.1, -0.05) is 32.9 Å². The standard InChI is InChI=1S/C17H24N2O2/c1-4-15(20)18-9-11-8-13(11)12-6-5-7-14-16(12)21-17(19-14)10(2)3/h5-7,10-11,13,17,19H,4,8-9H2,1-3H3,(H,18,20)/t11-,13+,17?/m0/s1. The Kier molecular flexibility index (Phi) is 3.79. The first-order chi connectivity index (χ1) is 10.1. The second-order valence-electron chi connectivity index (χ2n) is 6.41. The van der Waals surface area contributed by atoms with Crippen LogP contribution in [0.5, 0.6) is 5.75 Å². The lowest BCUT2D eigenvalue weighted by molar-refractivity contribution is -0.120. The van der Waals surface area contributed by atoms with Crippen LogP contribution >= 0.6 is 0 Å². The van der Waals surface area contributed by atoms with Gasteiger partial charge in [0.1, 0.15) is 5.75 Å². The average molecular weight is 288 g/mol. The van der Waals surface area contributed by atoms with E-state index in [9.17, 15) is 4.79 Å². The third kappa shape index (κ3) is 2.85. The fraction of sp³-hybridized carbons (Fsp3) is 0.588. The maximum Gasteiger partial charge on any atom is 0.219 e. The fourth-order valence-corrected chi connectivity index (χ4v) is 2.93. The summed E-state index contributed by atoms with van der Waals surface area (Å²) in [5.74, 6) is 2.66. The van der Waals surface area contributed by atoms with E-state index in [-0.39, 0.29) is 12.1 Å². The van der Waals surface area contributed by atoms with Gasteiger partial charge in [0, 0.05) is 18.9 Å². The zero-order valence-electron chi connectivity index (χ0n) is 13.0. The quantitative estimate of drug-likeness (QED) is 0.875. The summed E-state index contributed by atoms with van der Waals surface area (Å²) in [5.41, 5.74) is 2.40. The van der Waals surface area contributed by atoms with Gasteiger partial charge in [-0.05, 0) is 29.9 Å². The maximum absolute atomic E-state index is 11.3. The SMILES string of the molecule is CCC(=O)NC[C@@H]1C[C@H]1c1cccc2c1OC(C(C)C)N2. The molecule has 1 aromatic rings. The largest absolute Gasteiger partial charge is 0.468 e. The van der Waals surface area contributed by atoms with Crippen molar-refractivity contribution < 1.29 is 9.53 Å². The Morgan fingerprint density at radius 3 is 3.00 bits per heavy atom. The minimum absolute atomic E-state index is 0.0677. The van der Waals surface area contributed by atoms with Gasteiger partial charge in [0.2, 0.25) is 5.91 Å². The van der Waals surface area contributed by atoms with Crippen molar-refractivity contribution in [2.24, 2.45) is 11.8 Å². The Hall–Kier alpha value is -1.71. The molecule has 1 aromatic carbocycles. The van der Waals surface area contributed by atoms with Gasteiger partial charge in [-0.2, -0.15) is 0 Å². The molecule has 3 rings (SSSR count). The number of amides is 1. The zero-order chi connectivity index (χ0) is 15.0. The van der Waals surface area contributed by atoms with Crippen molar-refractivity contribution in [3.63, 3.8) is 0 Å². The molecule has 0 saturated heterocycles. The van der Waals surface area contributed by atoms with Crippen molar-refractivity contribution in [1.29, 1.82) is 0 Å². The minimum Gasteiger partial charge on any atom is -0.468 e. The van der Waals surface area contributed by atoms with Crippen molar-refractivity contribution in [3.8, 4) is 5.75 Å². The summed E-state index contributed by atoms with van der Waals surface area (Å²) in [6.45, 7) is 6.98. The number of ether oxygens (including phenoxy) is 1. The van der Waals surface area contributed by atoms with E-state index in [0.717, 1.165) is 24.4 Å². The molecule has 114 valence electrons. The first-order valence-corrected chi connectivity index (χ1v) is 7.93. The molecule has 2 N–H and O–H groups in total. The average Bonchev–Trinajstić information content (AvgIpc) is 3.10. The van der Waals surface area contributed by atoms with E-state index in [1.807, 2.05) is 6.92 Å². The molecule has 1 aliphatic heterocycles. The van der Waals surface area contributed by atoms with E-state index < -0.39 is 0 Å². The topological polar surface area (TPSA) is 50.4 Å². The Morgan fingerprint density at radius 1 is 1.48 bits per heavy atom. The zero-order valence-corrected chi connectivity index (χ0v) is 13.0. The lowest BCUT2D eigenvalue weighted by Crippen LogP contribution is -2.26. The normalized spacial score (nSPS) is 26.0. The lowest BCUT2D eigenvalue weighted by atomic mass is 10.1. The number of anilines is 1. The van der Waals surface area contributed by atoms with E-state index >= 15 is 0 Å². The first kappa shape index (κ1) is 14.2. The molecule has 2 aliphatic rings. The number of benzene rings is 1. The van der Waals surface area contributed by atoms with Crippen molar-refractivity contribution >= 4 is 11.6 Å². The predicted molar refractivity (Wildman–Crippen MR) is 83.5 cm³/mol. The predicted octanol–water partition coefficient (Wildman–Crippen LogP) is 3.10. The van der Waals surface area contributed by atoms with Crippen LogP contribution in [-0.4, -0.2) is 18.7 Å². The molecule has 1 fully saturated rings. The molecular weight excluding hydrogens is 264 g/mol. The van der Waals surface area contributed by atoms with E-state index in [1.54, 1.807) is 0 Å². The number of fused-ring (bicyclic) bond motifs is 1. The molecule has 1 heterocycles. The molecule has 1 saturated carbocycles. The fourth-order valence-electron chi connectivity index (χ4n) is 2.93. The number of carbonyl (C=O) groups is 1. The van der Waals surface area contributed by atoms with Crippen LogP contribution in [0.3, 0.4) is 0 Å². The molecular formula is C17H24N2O2. The van der Waals surface area contributed by atoms with E-state index in [1.165, 1.54) is 5.56 Å². The van der Waals surface area contributed by atoms with Gasteiger partial charge in [0.05, 0.1) is 5.69 Å². The summed E-state index contributed by atoms with van der Waals surface area (Å²) in [6.07, 6.45) is 1.76. The van der Waals surface area contributed by atoms with Crippen LogP contribution < -0.4 is 15.4 Å². The number of nitrogens with one attached hydrogen (secondary N) is 2. The van der Waals surface area contributed by atoms with Crippen molar-refractivity contribution in [2.45, 2.75) is 45.8 Å². The first-order valence-electron chi connectivity index (χ1n) is 7.93. The molecule has 1 amide bonds. The Balaban J connectivity index is 1.67. The van der Waals surface area contributed by atoms with Gasteiger partial charge >= 0.3 is 0 Å². The molecule has 0 spiro atoms. The van der Waals surface area contributed by atoms with Crippen LogP contribution in [0.1, 0.15) is 45.1 Å². The monoisotopic (exact) mass is 288 g/mol. The minimum atomic E-state index is 0.0677. The molecule has 4 nitrogen and oxygen atoms in total. The molecule has 3 atom stereocenters. The summed E-state index contributed by atoms with van der Waals surface area (Å²) in [5, 5.41) is 6.43. The van der Waals surface area contributed by atoms with Crippen LogP contribution in [0.15, 0.2) is 18.2 Å². The third-order valence-electron chi connectivity index (χ3n) is 4.40. The van der Waals surface area contributed by atoms with Crippen LogP contribution in [0.2, 0.25) is 0 Å². The highest BCUT2D eigenvalue weighted by Gasteiger charge is 2.41. The number of rotatable bonds is 5. The van der Waals surface area contributed by atoms with Gasteiger partial charge in [0.25, 0.3) is 0 Å². The molecule has 1 aliphatic carbocycles. The Labute approximate surface area is 126 Å². The highest BCUT2D eigenvalue weighted by Crippen LogP contribution is 2.53. The van der Waals surface area contributed by atoms with Crippen molar-refractivity contribution in [1.82, 2.24) is 5.32 Å². The smallest absolute Gasteiger partial charge is 0.219 e. The second-order valence-corrected chi connectivity index (χ2v) is 6.41. The van der Waals surface area contributed by atoms with Crippen LogP contribution in [0.4, 0.5) is 5.69 Å². The van der Waals surface area contributed by atoms with Gasteiger partial charge in [-0.25, -0.2) is 0 Å². The van der Waals surface area contributed by atoms with Crippen molar-refractivity contribution in [3.05, 3.63) is 23.8 Å². The van der Waals surface area contributed by atoms with Crippen LogP contribution in [0, 0.1) is 11.8 Å². The van der Waals surface area contributed by atoms with E-state index in [4.69, 9.17) is 4.74 Å². The van der Waals surface area contributed by atoms with Crippen LogP contribution in [-0.2, 0) is 4.79 Å². The number of carbonyl (C=O) groups excluding carboxylic acids is 1. The highest BCUT2D eigenvalue weighted by atomic mass is 16.5. The molecule has 1 unspecified atom stereocenters. The van der Waals surface area contributed by atoms with Gasteiger partial charge in [-0.3, -0.25) is 4.79 Å². The Morgan fingerprint density at radius 2 is 2.29 bits per heavy atom. The Bertz CT molecular complexity index is 542. The molecule has 21 heavy (non-hydrogen) atoms. The number of hydrogen-bond acceptors (Lipinski definition) is 3. The summed E-state index contributed by atoms with van der Waals surface area (Å²) in [6, 6.07) is 6.33. The highest BCUT2D eigenvalue weighted by molar-refractivity contribution is 5.75. The lowest BCUT2D eigenvalue weighted by Gasteiger charge is -2.15. The third-order valence-corrected chi connectivity index (χ3v) is 4.40. The van der Waals surface area contributed by atoms with Crippen LogP contribution in [0.25, 0.3) is 0 Å². The van der Waals surface area contributed by atoms with Crippen molar-refractivity contribution in [2.75, 3.05) is 11.9 Å². The molecule has 4 heteroatoms. The number of para-hydroxylation sites is 1. The second kappa shape index (κ2) is 5.58. The summed E-state index contributed by atoms with van der Waals surface area (Å²) < 4.78 is 6.10. The van der Waals surface area contributed by atoms with Gasteiger partial charge in [0.15, 0.2) is 6.23 Å². The van der Waals surface area contributed by atoms with E-state index in [0.29, 0.717) is 24.2 Å². The molecule has 0 bridgehead atoms. The molecule has 0 aromatic heterocycles. The molecule has 0 radical (unpaired) electrons. The van der Waals surface area contributed by atoms with Gasteiger partial charge < -0.3 is 15.4 Å². The van der Waals surface area contributed by atoms with Gasteiger partial charge in [-0.15, -0.1) is 0 Å².